The summed E-state index contributed by atoms with van der Waals surface area (Å²) in [7, 11) is 2.59. The molecule has 0 aromatic rings. The van der Waals surface area contributed by atoms with Crippen molar-refractivity contribution in [1.29, 1.82) is 0 Å². The summed E-state index contributed by atoms with van der Waals surface area (Å²) in [6.45, 7) is -0.0409. The number of hydrogen-bond acceptors (Lipinski definition) is 5. The third kappa shape index (κ3) is 2.94. The summed E-state index contributed by atoms with van der Waals surface area (Å²) >= 11 is 0. The first-order valence-corrected chi connectivity index (χ1v) is 5.10. The Balaban J connectivity index is 2.74. The highest BCUT2D eigenvalue weighted by Crippen LogP contribution is 2.21. The van der Waals surface area contributed by atoms with Gasteiger partial charge in [-0.2, -0.15) is 0 Å². The van der Waals surface area contributed by atoms with E-state index in [1.165, 1.54) is 14.2 Å². The van der Waals surface area contributed by atoms with E-state index in [9.17, 15) is 14.4 Å². The first-order valence-electron chi connectivity index (χ1n) is 5.10. The number of hydrogen-bond donors (Lipinski definition) is 1. The van der Waals surface area contributed by atoms with Gasteiger partial charge in [-0.05, 0) is 0 Å². The Morgan fingerprint density at radius 3 is 2.65 bits per heavy atom. The van der Waals surface area contributed by atoms with E-state index in [1.54, 1.807) is 0 Å². The molecule has 1 fully saturated rings. The molecule has 0 aromatic heterocycles. The van der Waals surface area contributed by atoms with Crippen LogP contribution in [-0.4, -0.2) is 61.3 Å². The highest BCUT2D eigenvalue weighted by Gasteiger charge is 2.40. The van der Waals surface area contributed by atoms with Gasteiger partial charge in [0.1, 0.15) is 0 Å². The van der Waals surface area contributed by atoms with Crippen molar-refractivity contribution in [3.8, 4) is 0 Å². The smallest absolute Gasteiger partial charge is 0.328 e. The van der Waals surface area contributed by atoms with Crippen LogP contribution in [0.15, 0.2) is 0 Å². The van der Waals surface area contributed by atoms with E-state index >= 15 is 0 Å². The van der Waals surface area contributed by atoms with Crippen molar-refractivity contribution in [3.63, 3.8) is 0 Å². The van der Waals surface area contributed by atoms with E-state index in [0.29, 0.717) is 0 Å². The SMILES string of the molecule is COC[C@@H](C(=O)O)N1CC(C(=O)OC)CC1=O. The first-order chi connectivity index (χ1) is 8.01. The average molecular weight is 245 g/mol. The standard InChI is InChI=1S/C10H15NO6/c1-16-5-7(9(13)14)11-4-6(3-8(11)12)10(15)17-2/h6-7H,3-5H2,1-2H3,(H,13,14)/t6?,7-/m0/s1. The monoisotopic (exact) mass is 245 g/mol. The topological polar surface area (TPSA) is 93.1 Å². The number of carbonyl (C=O) groups excluding carboxylic acids is 2. The molecule has 1 aliphatic rings. The van der Waals surface area contributed by atoms with Crippen molar-refractivity contribution < 1.29 is 29.0 Å². The zero-order valence-electron chi connectivity index (χ0n) is 9.71. The highest BCUT2D eigenvalue weighted by molar-refractivity contribution is 5.90. The zero-order chi connectivity index (χ0) is 13.0. The van der Waals surface area contributed by atoms with Crippen LogP contribution in [0, 0.1) is 5.92 Å². The Bertz CT molecular complexity index is 329. The van der Waals surface area contributed by atoms with Crippen molar-refractivity contribution in [3.05, 3.63) is 0 Å². The summed E-state index contributed by atoms with van der Waals surface area (Å²) in [6.07, 6.45) is -0.0137. The molecule has 96 valence electrons. The Hall–Kier alpha value is -1.63. The van der Waals surface area contributed by atoms with Crippen LogP contribution in [0.5, 0.6) is 0 Å². The lowest BCUT2D eigenvalue weighted by Gasteiger charge is -2.23. The Morgan fingerprint density at radius 2 is 2.18 bits per heavy atom. The lowest BCUT2D eigenvalue weighted by molar-refractivity contribution is -0.151. The molecule has 1 heterocycles. The molecule has 0 aliphatic carbocycles. The number of amides is 1. The number of esters is 1. The molecule has 0 radical (unpaired) electrons. The van der Waals surface area contributed by atoms with Crippen LogP contribution >= 0.6 is 0 Å². The van der Waals surface area contributed by atoms with E-state index in [0.717, 1.165) is 4.90 Å². The quantitative estimate of drug-likeness (QED) is 0.631. The molecule has 0 spiro atoms. The summed E-state index contributed by atoms with van der Waals surface area (Å²) < 4.78 is 9.29. The van der Waals surface area contributed by atoms with Crippen molar-refractivity contribution in [1.82, 2.24) is 4.90 Å². The minimum Gasteiger partial charge on any atom is -0.480 e. The number of nitrogens with zero attached hydrogens (tertiary/aromatic N) is 1. The van der Waals surface area contributed by atoms with Gasteiger partial charge in [-0.1, -0.05) is 0 Å². The van der Waals surface area contributed by atoms with Crippen LogP contribution in [-0.2, 0) is 23.9 Å². The van der Waals surface area contributed by atoms with Gasteiger partial charge in [0.2, 0.25) is 5.91 Å². The number of rotatable bonds is 5. The van der Waals surface area contributed by atoms with Crippen molar-refractivity contribution in [2.45, 2.75) is 12.5 Å². The minimum atomic E-state index is -1.15. The molecule has 1 rings (SSSR count). The van der Waals surface area contributed by atoms with Gasteiger partial charge in [-0.25, -0.2) is 4.79 Å². The third-order valence-electron chi connectivity index (χ3n) is 2.68. The summed E-state index contributed by atoms with van der Waals surface area (Å²) in [5.41, 5.74) is 0. The van der Waals surface area contributed by atoms with E-state index < -0.39 is 23.9 Å². The summed E-state index contributed by atoms with van der Waals surface area (Å²) in [6, 6.07) is -1.05. The second-order valence-corrected chi connectivity index (χ2v) is 3.78. The molecule has 7 nitrogen and oxygen atoms in total. The predicted molar refractivity (Wildman–Crippen MR) is 55.1 cm³/mol. The van der Waals surface area contributed by atoms with Crippen LogP contribution < -0.4 is 0 Å². The summed E-state index contributed by atoms with van der Waals surface area (Å²) in [4.78, 5) is 35.0. The van der Waals surface area contributed by atoms with Gasteiger partial charge in [0.05, 0.1) is 19.6 Å². The number of carboxylic acid groups (broad SMARTS) is 1. The molecule has 1 unspecified atom stereocenters. The van der Waals surface area contributed by atoms with E-state index in [4.69, 9.17) is 9.84 Å². The number of likely N-dealkylation sites (tertiary alicyclic amines) is 1. The molecule has 1 aliphatic heterocycles. The van der Waals surface area contributed by atoms with E-state index in [-0.39, 0.29) is 25.5 Å². The highest BCUT2D eigenvalue weighted by atomic mass is 16.5. The fourth-order valence-corrected chi connectivity index (χ4v) is 1.81. The number of methoxy groups -OCH3 is 2. The fourth-order valence-electron chi connectivity index (χ4n) is 1.81. The zero-order valence-corrected chi connectivity index (χ0v) is 9.71. The molecular formula is C10H15NO6. The minimum absolute atomic E-state index is 0.0137. The van der Waals surface area contributed by atoms with Gasteiger partial charge in [0, 0.05) is 20.1 Å². The third-order valence-corrected chi connectivity index (χ3v) is 2.68. The number of carbonyl (C=O) groups is 3. The van der Waals surface area contributed by atoms with Gasteiger partial charge < -0.3 is 19.5 Å². The Morgan fingerprint density at radius 1 is 1.53 bits per heavy atom. The second kappa shape index (κ2) is 5.62. The molecule has 7 heteroatoms. The molecule has 2 atom stereocenters. The molecule has 17 heavy (non-hydrogen) atoms. The lowest BCUT2D eigenvalue weighted by atomic mass is 10.1. The van der Waals surface area contributed by atoms with E-state index in [1.807, 2.05) is 0 Å². The van der Waals surface area contributed by atoms with Gasteiger partial charge in [-0.3, -0.25) is 9.59 Å². The molecule has 0 aromatic carbocycles. The van der Waals surface area contributed by atoms with Crippen LogP contribution in [0.2, 0.25) is 0 Å². The maximum atomic E-state index is 11.6. The molecular weight excluding hydrogens is 230 g/mol. The molecule has 1 saturated heterocycles. The maximum absolute atomic E-state index is 11.6. The molecule has 0 bridgehead atoms. The lowest BCUT2D eigenvalue weighted by Crippen LogP contribution is -2.45. The molecule has 1 N–H and O–H groups in total. The molecule has 1 amide bonds. The first kappa shape index (κ1) is 13.4. The molecule has 0 saturated carbocycles. The van der Waals surface area contributed by atoms with Gasteiger partial charge in [-0.15, -0.1) is 0 Å². The van der Waals surface area contributed by atoms with Crippen LogP contribution in [0.3, 0.4) is 0 Å². The summed E-state index contributed by atoms with van der Waals surface area (Å²) in [5, 5.41) is 8.97. The maximum Gasteiger partial charge on any atom is 0.328 e. The fraction of sp³-hybridized carbons (Fsp3) is 0.700. The van der Waals surface area contributed by atoms with Crippen LogP contribution in [0.25, 0.3) is 0 Å². The Labute approximate surface area is 98.3 Å². The second-order valence-electron chi connectivity index (χ2n) is 3.78. The number of ether oxygens (including phenoxy) is 2. The normalized spacial score (nSPS) is 21.4. The predicted octanol–water partition coefficient (Wildman–Crippen LogP) is -0.892. The number of carboxylic acids is 1. The Kier molecular flexibility index (Phi) is 4.45. The van der Waals surface area contributed by atoms with Crippen LogP contribution in [0.4, 0.5) is 0 Å². The number of aliphatic carboxylic acids is 1. The van der Waals surface area contributed by atoms with Gasteiger partial charge in [0.25, 0.3) is 0 Å². The van der Waals surface area contributed by atoms with Crippen LogP contribution in [0.1, 0.15) is 6.42 Å². The van der Waals surface area contributed by atoms with Crippen molar-refractivity contribution >= 4 is 17.8 Å². The largest absolute Gasteiger partial charge is 0.480 e. The average Bonchev–Trinajstić information content (AvgIpc) is 2.66. The summed E-state index contributed by atoms with van der Waals surface area (Å²) in [5.74, 6) is -2.61. The van der Waals surface area contributed by atoms with Crippen molar-refractivity contribution in [2.24, 2.45) is 5.92 Å². The van der Waals surface area contributed by atoms with E-state index in [2.05, 4.69) is 4.74 Å². The van der Waals surface area contributed by atoms with Crippen molar-refractivity contribution in [2.75, 3.05) is 27.4 Å². The van der Waals surface area contributed by atoms with Gasteiger partial charge >= 0.3 is 11.9 Å². The van der Waals surface area contributed by atoms with Gasteiger partial charge in [0.15, 0.2) is 6.04 Å².